The van der Waals surface area contributed by atoms with Crippen LogP contribution in [0.1, 0.15) is 49.8 Å². The summed E-state index contributed by atoms with van der Waals surface area (Å²) >= 11 is 0. The lowest BCUT2D eigenvalue weighted by Crippen LogP contribution is -1.99. The fraction of sp³-hybridized carbons (Fsp3) is 0.467. The summed E-state index contributed by atoms with van der Waals surface area (Å²) in [6, 6.07) is 6.02. The van der Waals surface area contributed by atoms with Crippen molar-refractivity contribution in [3.63, 3.8) is 0 Å². The topological polar surface area (TPSA) is 51.0 Å². The molecule has 4 nitrogen and oxygen atoms in total. The molecule has 1 N–H and O–H groups in total. The predicted molar refractivity (Wildman–Crippen MR) is 76.1 cm³/mol. The molecule has 102 valence electrons. The third-order valence-corrected chi connectivity index (χ3v) is 3.34. The summed E-state index contributed by atoms with van der Waals surface area (Å²) in [5.41, 5.74) is 3.11. The van der Waals surface area contributed by atoms with Crippen molar-refractivity contribution in [2.45, 2.75) is 46.1 Å². The maximum absolute atomic E-state index is 5.37. The summed E-state index contributed by atoms with van der Waals surface area (Å²) in [7, 11) is 0. The molecular weight excluding hydrogens is 238 g/mol. The molecule has 0 aliphatic rings. The molecule has 2 rings (SSSR count). The van der Waals surface area contributed by atoms with Gasteiger partial charge in [-0.1, -0.05) is 19.0 Å². The third-order valence-electron chi connectivity index (χ3n) is 3.34. The Balaban J connectivity index is 1.97. The molecule has 19 heavy (non-hydrogen) atoms. The number of nitrogens with zero attached hydrogens (tertiary/aromatic N) is 2. The third kappa shape index (κ3) is 3.56. The van der Waals surface area contributed by atoms with Crippen molar-refractivity contribution in [3.05, 3.63) is 41.5 Å². The first kappa shape index (κ1) is 13.6. The molecule has 0 bridgehead atoms. The molecule has 0 saturated carbocycles. The zero-order valence-corrected chi connectivity index (χ0v) is 11.8. The van der Waals surface area contributed by atoms with Crippen molar-refractivity contribution in [3.8, 4) is 0 Å². The Bertz CT molecular complexity index is 518. The minimum atomic E-state index is 0.501. The largest absolute Gasteiger partial charge is 0.378 e. The SMILES string of the molecule is CCC(CC)c1cc(CNc2ccnc(C)c2)on1. The van der Waals surface area contributed by atoms with E-state index in [2.05, 4.69) is 35.4 Å². The Morgan fingerprint density at radius 3 is 2.74 bits per heavy atom. The highest BCUT2D eigenvalue weighted by Crippen LogP contribution is 2.22. The summed E-state index contributed by atoms with van der Waals surface area (Å²) in [5.74, 6) is 1.37. The number of rotatable bonds is 6. The van der Waals surface area contributed by atoms with Gasteiger partial charge in [0.2, 0.25) is 0 Å². The lowest BCUT2D eigenvalue weighted by molar-refractivity contribution is 0.375. The van der Waals surface area contributed by atoms with E-state index in [1.165, 1.54) is 0 Å². The monoisotopic (exact) mass is 259 g/mol. The zero-order valence-electron chi connectivity index (χ0n) is 11.8. The van der Waals surface area contributed by atoms with Gasteiger partial charge in [-0.25, -0.2) is 0 Å². The quantitative estimate of drug-likeness (QED) is 0.855. The van der Waals surface area contributed by atoms with E-state index in [1.54, 1.807) is 6.20 Å². The van der Waals surface area contributed by atoms with Gasteiger partial charge in [-0.2, -0.15) is 0 Å². The molecule has 2 aromatic rings. The van der Waals surface area contributed by atoms with Gasteiger partial charge in [-0.05, 0) is 31.9 Å². The van der Waals surface area contributed by atoms with E-state index in [0.717, 1.165) is 35.7 Å². The van der Waals surface area contributed by atoms with Crippen LogP contribution in [0.5, 0.6) is 0 Å². The number of hydrogen-bond donors (Lipinski definition) is 1. The molecule has 0 aromatic carbocycles. The average molecular weight is 259 g/mol. The normalized spacial score (nSPS) is 10.9. The molecule has 2 aromatic heterocycles. The first-order valence-corrected chi connectivity index (χ1v) is 6.85. The van der Waals surface area contributed by atoms with Crippen molar-refractivity contribution >= 4 is 5.69 Å². The van der Waals surface area contributed by atoms with Crippen LogP contribution in [0.3, 0.4) is 0 Å². The molecule has 0 radical (unpaired) electrons. The maximum atomic E-state index is 5.37. The molecule has 0 spiro atoms. The van der Waals surface area contributed by atoms with Gasteiger partial charge in [-0.15, -0.1) is 0 Å². The van der Waals surface area contributed by atoms with Crippen LogP contribution < -0.4 is 5.32 Å². The summed E-state index contributed by atoms with van der Waals surface area (Å²) in [4.78, 5) is 4.17. The van der Waals surface area contributed by atoms with Gasteiger partial charge in [0.05, 0.1) is 12.2 Å². The molecule has 0 atom stereocenters. The van der Waals surface area contributed by atoms with Crippen LogP contribution >= 0.6 is 0 Å². The fourth-order valence-corrected chi connectivity index (χ4v) is 2.16. The van der Waals surface area contributed by atoms with Crippen molar-refractivity contribution < 1.29 is 4.52 Å². The number of anilines is 1. The van der Waals surface area contributed by atoms with Crippen molar-refractivity contribution in [1.82, 2.24) is 10.1 Å². The van der Waals surface area contributed by atoms with Gasteiger partial charge in [0, 0.05) is 29.6 Å². The summed E-state index contributed by atoms with van der Waals surface area (Å²) < 4.78 is 5.37. The first-order valence-electron chi connectivity index (χ1n) is 6.85. The average Bonchev–Trinajstić information content (AvgIpc) is 2.87. The molecule has 4 heteroatoms. The van der Waals surface area contributed by atoms with Gasteiger partial charge in [0.15, 0.2) is 5.76 Å². The highest BCUT2D eigenvalue weighted by molar-refractivity contribution is 5.43. The van der Waals surface area contributed by atoms with Crippen molar-refractivity contribution in [2.75, 3.05) is 5.32 Å². The molecule has 0 saturated heterocycles. The van der Waals surface area contributed by atoms with E-state index in [0.29, 0.717) is 12.5 Å². The summed E-state index contributed by atoms with van der Waals surface area (Å²) in [5, 5.41) is 7.48. The zero-order chi connectivity index (χ0) is 13.7. The second kappa shape index (κ2) is 6.36. The Morgan fingerprint density at radius 1 is 1.26 bits per heavy atom. The predicted octanol–water partition coefficient (Wildman–Crippen LogP) is 3.89. The van der Waals surface area contributed by atoms with E-state index in [9.17, 15) is 0 Å². The Labute approximate surface area is 114 Å². The molecule has 0 aliphatic carbocycles. The second-order valence-corrected chi connectivity index (χ2v) is 4.77. The molecule has 2 heterocycles. The molecule has 0 fully saturated rings. The Morgan fingerprint density at radius 2 is 2.05 bits per heavy atom. The maximum Gasteiger partial charge on any atom is 0.156 e. The van der Waals surface area contributed by atoms with Gasteiger partial charge in [0.25, 0.3) is 0 Å². The van der Waals surface area contributed by atoms with Gasteiger partial charge in [-0.3, -0.25) is 4.98 Å². The van der Waals surface area contributed by atoms with E-state index in [4.69, 9.17) is 4.52 Å². The number of pyridine rings is 1. The van der Waals surface area contributed by atoms with Crippen LogP contribution in [-0.4, -0.2) is 10.1 Å². The van der Waals surface area contributed by atoms with Crippen LogP contribution in [0, 0.1) is 6.92 Å². The van der Waals surface area contributed by atoms with Gasteiger partial charge in [0.1, 0.15) is 0 Å². The van der Waals surface area contributed by atoms with E-state index < -0.39 is 0 Å². The van der Waals surface area contributed by atoms with Crippen molar-refractivity contribution in [1.29, 1.82) is 0 Å². The fourth-order valence-electron chi connectivity index (χ4n) is 2.16. The highest BCUT2D eigenvalue weighted by Gasteiger charge is 2.12. The first-order chi connectivity index (χ1) is 9.22. The number of hydrogen-bond acceptors (Lipinski definition) is 4. The minimum Gasteiger partial charge on any atom is -0.378 e. The molecule has 0 unspecified atom stereocenters. The standard InChI is InChI=1S/C15H21N3O/c1-4-12(5-2)15-9-14(19-18-15)10-17-13-6-7-16-11(3)8-13/h6-9,12H,4-5,10H2,1-3H3,(H,16,17). The van der Waals surface area contributed by atoms with E-state index in [1.807, 2.05) is 19.1 Å². The van der Waals surface area contributed by atoms with Crippen LogP contribution in [0.25, 0.3) is 0 Å². The molecular formula is C15H21N3O. The van der Waals surface area contributed by atoms with E-state index >= 15 is 0 Å². The molecule has 0 amide bonds. The molecule has 0 aliphatic heterocycles. The number of aromatic nitrogens is 2. The Hall–Kier alpha value is -1.84. The number of aryl methyl sites for hydroxylation is 1. The smallest absolute Gasteiger partial charge is 0.156 e. The lowest BCUT2D eigenvalue weighted by Gasteiger charge is -2.06. The second-order valence-electron chi connectivity index (χ2n) is 4.77. The minimum absolute atomic E-state index is 0.501. The van der Waals surface area contributed by atoms with Crippen LogP contribution in [0.4, 0.5) is 5.69 Å². The van der Waals surface area contributed by atoms with Crippen LogP contribution in [-0.2, 0) is 6.54 Å². The van der Waals surface area contributed by atoms with Crippen molar-refractivity contribution in [2.24, 2.45) is 0 Å². The number of nitrogens with one attached hydrogen (secondary N) is 1. The Kier molecular flexibility index (Phi) is 4.55. The van der Waals surface area contributed by atoms with Gasteiger partial charge < -0.3 is 9.84 Å². The lowest BCUT2D eigenvalue weighted by atomic mass is 9.99. The highest BCUT2D eigenvalue weighted by atomic mass is 16.5. The van der Waals surface area contributed by atoms with Crippen LogP contribution in [0.15, 0.2) is 28.9 Å². The summed E-state index contributed by atoms with van der Waals surface area (Å²) in [6.07, 6.45) is 3.99. The van der Waals surface area contributed by atoms with E-state index in [-0.39, 0.29) is 0 Å². The van der Waals surface area contributed by atoms with Gasteiger partial charge >= 0.3 is 0 Å². The van der Waals surface area contributed by atoms with Crippen LogP contribution in [0.2, 0.25) is 0 Å². The summed E-state index contributed by atoms with van der Waals surface area (Å²) in [6.45, 7) is 6.99.